The van der Waals surface area contributed by atoms with Crippen molar-refractivity contribution in [3.63, 3.8) is 0 Å². The summed E-state index contributed by atoms with van der Waals surface area (Å²) in [6, 6.07) is 0. The van der Waals surface area contributed by atoms with Gasteiger partial charge in [0.15, 0.2) is 0 Å². The van der Waals surface area contributed by atoms with E-state index in [1.807, 2.05) is 0 Å². The van der Waals surface area contributed by atoms with E-state index in [9.17, 15) is 26.3 Å². The Morgan fingerprint density at radius 3 is 1.71 bits per heavy atom. The van der Waals surface area contributed by atoms with E-state index in [4.69, 9.17) is 4.74 Å². The number of rotatable bonds is 19. The topological polar surface area (TPSA) is 64.6 Å². The molecule has 0 heterocycles. The second kappa shape index (κ2) is 14.3. The Bertz CT molecular complexity index is 388. The van der Waals surface area contributed by atoms with Crippen molar-refractivity contribution in [2.75, 3.05) is 73.9 Å². The maximum absolute atomic E-state index is 13.3. The molecule has 0 aliphatic heterocycles. The van der Waals surface area contributed by atoms with E-state index in [0.29, 0.717) is 0 Å². The normalized spacial score (nSPS) is 13.3. The van der Waals surface area contributed by atoms with Crippen LogP contribution in [0, 0.1) is 0 Å². The zero-order chi connectivity index (χ0) is 21.5. The Kier molecular flexibility index (Phi) is 14.0. The quantitative estimate of drug-likeness (QED) is 0.177. The molecule has 0 aliphatic rings. The van der Waals surface area contributed by atoms with Crippen LogP contribution in [0.5, 0.6) is 0 Å². The number of halogens is 6. The van der Waals surface area contributed by atoms with E-state index in [1.165, 1.54) is 14.2 Å². The standard InChI is InChI=1S/C15H26F6O7/c1-22-5-7-24-4-3-14(18,19)28-15(20,21)11-27-12-26-10-13(16,17)9-25-8-6-23-2/h3-12H2,1-2H3. The SMILES string of the molecule is COCCOCCC(F)(F)OC(F)(F)COCOCC(F)(F)COCCOC. The molecular weight excluding hydrogens is 406 g/mol. The third kappa shape index (κ3) is 16.3. The van der Waals surface area contributed by atoms with Crippen LogP contribution in [-0.4, -0.2) is 92.0 Å². The van der Waals surface area contributed by atoms with E-state index in [1.54, 1.807) is 0 Å². The Balaban J connectivity index is 3.96. The number of alkyl halides is 6. The van der Waals surface area contributed by atoms with Crippen molar-refractivity contribution >= 4 is 0 Å². The van der Waals surface area contributed by atoms with Crippen LogP contribution >= 0.6 is 0 Å². The lowest BCUT2D eigenvalue weighted by Gasteiger charge is -2.23. The molecule has 0 aliphatic carbocycles. The monoisotopic (exact) mass is 432 g/mol. The Hall–Kier alpha value is -0.700. The first-order valence-electron chi connectivity index (χ1n) is 8.16. The van der Waals surface area contributed by atoms with Gasteiger partial charge in [0.05, 0.1) is 39.5 Å². The molecule has 28 heavy (non-hydrogen) atoms. The van der Waals surface area contributed by atoms with E-state index >= 15 is 0 Å². The molecule has 0 amide bonds. The Labute approximate surface area is 159 Å². The average molecular weight is 432 g/mol. The Morgan fingerprint density at radius 1 is 0.571 bits per heavy atom. The molecule has 0 radical (unpaired) electrons. The van der Waals surface area contributed by atoms with Crippen LogP contribution in [0.3, 0.4) is 0 Å². The fraction of sp³-hybridized carbons (Fsp3) is 1.00. The molecule has 0 aromatic carbocycles. The van der Waals surface area contributed by atoms with Crippen LogP contribution in [0.25, 0.3) is 0 Å². The lowest BCUT2D eigenvalue weighted by atomic mass is 10.4. The molecule has 0 N–H and O–H groups in total. The van der Waals surface area contributed by atoms with Gasteiger partial charge in [0, 0.05) is 14.2 Å². The van der Waals surface area contributed by atoms with Crippen LogP contribution in [0.15, 0.2) is 0 Å². The molecule has 170 valence electrons. The van der Waals surface area contributed by atoms with Gasteiger partial charge in [-0.2, -0.15) is 17.6 Å². The molecule has 7 nitrogen and oxygen atoms in total. The molecule has 0 unspecified atom stereocenters. The summed E-state index contributed by atoms with van der Waals surface area (Å²) in [5, 5.41) is 0. The zero-order valence-corrected chi connectivity index (χ0v) is 15.7. The van der Waals surface area contributed by atoms with Crippen molar-refractivity contribution in [3.05, 3.63) is 0 Å². The van der Waals surface area contributed by atoms with Crippen molar-refractivity contribution < 1.29 is 59.5 Å². The summed E-state index contributed by atoms with van der Waals surface area (Å²) in [7, 11) is 2.75. The third-order valence-corrected chi connectivity index (χ3v) is 2.76. The van der Waals surface area contributed by atoms with Crippen LogP contribution in [0.2, 0.25) is 0 Å². The lowest BCUT2D eigenvalue weighted by molar-refractivity contribution is -0.390. The van der Waals surface area contributed by atoms with Crippen LogP contribution in [-0.2, 0) is 33.2 Å². The summed E-state index contributed by atoms with van der Waals surface area (Å²) in [5.74, 6) is -3.38. The summed E-state index contributed by atoms with van der Waals surface area (Å²) in [4.78, 5) is 0. The van der Waals surface area contributed by atoms with E-state index < -0.39 is 57.8 Å². The predicted molar refractivity (Wildman–Crippen MR) is 82.7 cm³/mol. The van der Waals surface area contributed by atoms with Crippen molar-refractivity contribution in [2.24, 2.45) is 0 Å². The predicted octanol–water partition coefficient (Wildman–Crippen LogP) is 2.53. The largest absolute Gasteiger partial charge is 0.383 e. The molecule has 0 aromatic heterocycles. The van der Waals surface area contributed by atoms with Crippen molar-refractivity contribution in [1.29, 1.82) is 0 Å². The minimum absolute atomic E-state index is 0.0193. The number of methoxy groups -OCH3 is 2. The van der Waals surface area contributed by atoms with Gasteiger partial charge >= 0.3 is 12.2 Å². The second-order valence-electron chi connectivity index (χ2n) is 5.45. The molecule has 0 fully saturated rings. The van der Waals surface area contributed by atoms with Gasteiger partial charge in [0.1, 0.15) is 26.6 Å². The number of ether oxygens (including phenoxy) is 7. The smallest absolute Gasteiger partial charge is 0.382 e. The van der Waals surface area contributed by atoms with Crippen LogP contribution < -0.4 is 0 Å². The highest BCUT2D eigenvalue weighted by atomic mass is 19.3. The third-order valence-electron chi connectivity index (χ3n) is 2.76. The second-order valence-corrected chi connectivity index (χ2v) is 5.45. The van der Waals surface area contributed by atoms with Gasteiger partial charge in [0.25, 0.3) is 5.92 Å². The van der Waals surface area contributed by atoms with Gasteiger partial charge in [-0.1, -0.05) is 0 Å². The van der Waals surface area contributed by atoms with Crippen LogP contribution in [0.1, 0.15) is 6.42 Å². The minimum Gasteiger partial charge on any atom is -0.382 e. The van der Waals surface area contributed by atoms with Crippen molar-refractivity contribution in [3.8, 4) is 0 Å². The van der Waals surface area contributed by atoms with E-state index in [2.05, 4.69) is 28.4 Å². The maximum Gasteiger partial charge on any atom is 0.383 e. The maximum atomic E-state index is 13.3. The first-order chi connectivity index (χ1) is 13.0. The summed E-state index contributed by atoms with van der Waals surface area (Å²) >= 11 is 0. The van der Waals surface area contributed by atoms with Gasteiger partial charge < -0.3 is 28.4 Å². The van der Waals surface area contributed by atoms with Gasteiger partial charge in [-0.15, -0.1) is 0 Å². The molecular formula is C15H26F6O7. The van der Waals surface area contributed by atoms with E-state index in [0.717, 1.165) is 0 Å². The molecule has 0 saturated heterocycles. The molecule has 0 saturated carbocycles. The Morgan fingerprint density at radius 2 is 1.11 bits per heavy atom. The zero-order valence-electron chi connectivity index (χ0n) is 15.7. The highest BCUT2D eigenvalue weighted by Gasteiger charge is 2.44. The molecule has 0 spiro atoms. The summed E-state index contributed by atoms with van der Waals surface area (Å²) in [6.45, 7) is -4.99. The summed E-state index contributed by atoms with van der Waals surface area (Å²) in [6.07, 6.45) is -9.64. The molecule has 13 heteroatoms. The van der Waals surface area contributed by atoms with Gasteiger partial charge in [0.2, 0.25) is 0 Å². The van der Waals surface area contributed by atoms with Gasteiger partial charge in [-0.25, -0.2) is 8.78 Å². The highest BCUT2D eigenvalue weighted by Crippen LogP contribution is 2.29. The van der Waals surface area contributed by atoms with E-state index in [-0.39, 0.29) is 26.4 Å². The molecule has 0 bridgehead atoms. The molecule has 0 rings (SSSR count). The molecule has 0 atom stereocenters. The van der Waals surface area contributed by atoms with Crippen molar-refractivity contribution in [2.45, 2.75) is 24.6 Å². The fourth-order valence-electron chi connectivity index (χ4n) is 1.55. The summed E-state index contributed by atoms with van der Waals surface area (Å²) < 4.78 is 111. The van der Waals surface area contributed by atoms with Crippen LogP contribution in [0.4, 0.5) is 26.3 Å². The van der Waals surface area contributed by atoms with Crippen molar-refractivity contribution in [1.82, 2.24) is 0 Å². The number of hydrogen-bond donors (Lipinski definition) is 0. The molecule has 0 aromatic rings. The highest BCUT2D eigenvalue weighted by molar-refractivity contribution is 4.63. The average Bonchev–Trinajstić information content (AvgIpc) is 2.57. The lowest BCUT2D eigenvalue weighted by Crippen LogP contribution is -2.38. The summed E-state index contributed by atoms with van der Waals surface area (Å²) in [5.41, 5.74) is 0. The minimum atomic E-state index is -4.36. The first-order valence-corrected chi connectivity index (χ1v) is 8.16. The fourth-order valence-corrected chi connectivity index (χ4v) is 1.55. The van der Waals surface area contributed by atoms with Gasteiger partial charge in [-0.3, -0.25) is 4.74 Å². The number of hydrogen-bond acceptors (Lipinski definition) is 7. The van der Waals surface area contributed by atoms with Gasteiger partial charge in [-0.05, 0) is 0 Å². The first kappa shape index (κ1) is 27.3.